The van der Waals surface area contributed by atoms with Crippen LogP contribution in [0, 0.1) is 0 Å². The molecule has 8 nitrogen and oxygen atoms in total. The van der Waals surface area contributed by atoms with E-state index in [0.717, 1.165) is 6.42 Å². The van der Waals surface area contributed by atoms with E-state index in [1.54, 1.807) is 13.8 Å². The van der Waals surface area contributed by atoms with Crippen molar-refractivity contribution in [1.29, 1.82) is 0 Å². The molecule has 0 saturated carbocycles. The summed E-state index contributed by atoms with van der Waals surface area (Å²) in [6.45, 7) is 5.73. The molecule has 0 aromatic heterocycles. The maximum Gasteiger partial charge on any atom is 0.327 e. The van der Waals surface area contributed by atoms with Crippen molar-refractivity contribution in [3.8, 4) is 0 Å². The van der Waals surface area contributed by atoms with Crippen molar-refractivity contribution in [2.45, 2.75) is 55.8 Å². The Kier molecular flexibility index (Phi) is 4.77. The predicted molar refractivity (Wildman–Crippen MR) is 82.5 cm³/mol. The van der Waals surface area contributed by atoms with Crippen LogP contribution < -0.4 is 9.44 Å². The summed E-state index contributed by atoms with van der Waals surface area (Å²) in [7, 11) is -3.77. The van der Waals surface area contributed by atoms with E-state index in [0.29, 0.717) is 13.0 Å². The second-order valence-electron chi connectivity index (χ2n) is 5.94. The smallest absolute Gasteiger partial charge is 0.327 e. The van der Waals surface area contributed by atoms with E-state index in [2.05, 4.69) is 9.44 Å². The number of carboxylic acid groups (broad SMARTS) is 1. The molecule has 22 heavy (non-hydrogen) atoms. The third-order valence-corrected chi connectivity index (χ3v) is 6.50. The Morgan fingerprint density at radius 3 is 2.64 bits per heavy atom. The molecule has 0 unspecified atom stereocenters. The summed E-state index contributed by atoms with van der Waals surface area (Å²) in [6.07, 6.45) is 1.56. The van der Waals surface area contributed by atoms with Gasteiger partial charge in [0.2, 0.25) is 5.91 Å². The first-order valence-electron chi connectivity index (χ1n) is 7.10. The molecule has 3 atom stereocenters. The molecule has 0 aliphatic carbocycles. The number of nitrogens with one attached hydrogen (secondary N) is 2. The van der Waals surface area contributed by atoms with Gasteiger partial charge in [-0.3, -0.25) is 4.79 Å². The lowest BCUT2D eigenvalue weighted by Crippen LogP contribution is -2.71. The largest absolute Gasteiger partial charge is 0.480 e. The number of carboxylic acids is 1. The zero-order valence-electron chi connectivity index (χ0n) is 12.7. The number of nitrogens with zero attached hydrogens (tertiary/aromatic N) is 1. The van der Waals surface area contributed by atoms with E-state index in [-0.39, 0.29) is 0 Å². The van der Waals surface area contributed by atoms with E-state index in [1.807, 2.05) is 6.92 Å². The van der Waals surface area contributed by atoms with Gasteiger partial charge in [0.05, 0.1) is 0 Å². The average molecular weight is 351 g/mol. The van der Waals surface area contributed by atoms with Crippen LogP contribution in [-0.4, -0.2) is 59.1 Å². The van der Waals surface area contributed by atoms with Crippen molar-refractivity contribution in [2.24, 2.45) is 0 Å². The number of aliphatic carboxylic acids is 1. The third kappa shape index (κ3) is 3.10. The van der Waals surface area contributed by atoms with Crippen molar-refractivity contribution < 1.29 is 23.1 Å². The number of hydrogen-bond donors (Lipinski definition) is 3. The molecule has 0 aromatic rings. The van der Waals surface area contributed by atoms with Crippen LogP contribution in [0.3, 0.4) is 0 Å². The number of carbonyl (C=O) groups excluding carboxylic acids is 1. The fourth-order valence-corrected chi connectivity index (χ4v) is 5.49. The molecule has 126 valence electrons. The summed E-state index contributed by atoms with van der Waals surface area (Å²) in [5, 5.41) is 8.81. The number of β-lactam (4-membered cyclic amide) rings is 1. The molecule has 2 heterocycles. The first kappa shape index (κ1) is 17.5. The monoisotopic (exact) mass is 351 g/mol. The van der Waals surface area contributed by atoms with Crippen molar-refractivity contribution in [2.75, 3.05) is 6.54 Å². The van der Waals surface area contributed by atoms with E-state index in [1.165, 1.54) is 16.7 Å². The summed E-state index contributed by atoms with van der Waals surface area (Å²) >= 11 is 1.30. The summed E-state index contributed by atoms with van der Waals surface area (Å²) in [4.78, 5) is 24.8. The second kappa shape index (κ2) is 5.99. The van der Waals surface area contributed by atoms with Gasteiger partial charge in [-0.15, -0.1) is 11.8 Å². The molecule has 2 rings (SSSR count). The van der Waals surface area contributed by atoms with Crippen LogP contribution in [0.5, 0.6) is 0 Å². The molecule has 2 saturated heterocycles. The molecule has 0 aromatic carbocycles. The molecule has 2 aliphatic heterocycles. The van der Waals surface area contributed by atoms with Crippen LogP contribution in [0.4, 0.5) is 0 Å². The molecule has 0 radical (unpaired) electrons. The number of carbonyl (C=O) groups is 2. The molecule has 10 heteroatoms. The minimum Gasteiger partial charge on any atom is -0.480 e. The highest BCUT2D eigenvalue weighted by molar-refractivity contribution is 8.01. The van der Waals surface area contributed by atoms with Crippen molar-refractivity contribution in [3.05, 3.63) is 0 Å². The lowest BCUT2D eigenvalue weighted by molar-refractivity contribution is -0.159. The topological polar surface area (TPSA) is 116 Å². The van der Waals surface area contributed by atoms with Crippen LogP contribution in [0.1, 0.15) is 33.6 Å². The zero-order valence-corrected chi connectivity index (χ0v) is 14.3. The van der Waals surface area contributed by atoms with Gasteiger partial charge in [0.25, 0.3) is 10.2 Å². The molecular formula is C12H21N3O5S2. The molecule has 3 N–H and O–H groups in total. The zero-order chi connectivity index (χ0) is 16.7. The van der Waals surface area contributed by atoms with E-state index in [9.17, 15) is 23.1 Å². The van der Waals surface area contributed by atoms with E-state index >= 15 is 0 Å². The Balaban J connectivity index is 2.05. The third-order valence-electron chi connectivity index (χ3n) is 3.78. The Labute approximate surface area is 134 Å². The van der Waals surface area contributed by atoms with Crippen LogP contribution in [0.15, 0.2) is 0 Å². The van der Waals surface area contributed by atoms with E-state index < -0.39 is 44.3 Å². The molecule has 1 amide bonds. The van der Waals surface area contributed by atoms with Gasteiger partial charge in [-0.1, -0.05) is 13.3 Å². The van der Waals surface area contributed by atoms with Gasteiger partial charge in [0, 0.05) is 11.3 Å². The first-order chi connectivity index (χ1) is 10.1. The van der Waals surface area contributed by atoms with Gasteiger partial charge in [-0.25, -0.2) is 9.52 Å². The number of thioether (sulfide) groups is 1. The highest BCUT2D eigenvalue weighted by atomic mass is 32.2. The Hall–Kier alpha value is -0.840. The highest BCUT2D eigenvalue weighted by Crippen LogP contribution is 2.50. The standard InChI is InChI=1S/C12H21N3O5S2/c1-4-5-6-13-22(19,20)14-7-9(16)15-8(11(17)18)12(2,3)21-10(7)15/h7-8,10,13-14H,4-6H2,1-3H3,(H,17,18)/t7-,8+,10-/m1/s1. The average Bonchev–Trinajstić information content (AvgIpc) is 2.65. The van der Waals surface area contributed by atoms with Crippen LogP contribution >= 0.6 is 11.8 Å². The van der Waals surface area contributed by atoms with Gasteiger partial charge in [-0.05, 0) is 20.3 Å². The summed E-state index contributed by atoms with van der Waals surface area (Å²) in [6, 6.07) is -1.85. The maximum atomic E-state index is 12.1. The maximum absolute atomic E-state index is 12.1. The SMILES string of the molecule is CCCCNS(=O)(=O)N[C@@H]1C(=O)N2[C@@H]1SC(C)(C)[C@@H]2C(=O)O. The lowest BCUT2D eigenvalue weighted by atomic mass is 9.96. The van der Waals surface area contributed by atoms with Crippen LogP contribution in [0.2, 0.25) is 0 Å². The van der Waals surface area contributed by atoms with Gasteiger partial charge < -0.3 is 10.0 Å². The van der Waals surface area contributed by atoms with Crippen molar-refractivity contribution in [1.82, 2.24) is 14.3 Å². The molecule has 0 bridgehead atoms. The van der Waals surface area contributed by atoms with Gasteiger partial charge in [0.15, 0.2) is 0 Å². The van der Waals surface area contributed by atoms with E-state index in [4.69, 9.17) is 0 Å². The van der Waals surface area contributed by atoms with Gasteiger partial charge in [-0.2, -0.15) is 13.1 Å². The molecular weight excluding hydrogens is 330 g/mol. The van der Waals surface area contributed by atoms with Crippen molar-refractivity contribution >= 4 is 33.8 Å². The Morgan fingerprint density at radius 1 is 1.45 bits per heavy atom. The lowest BCUT2D eigenvalue weighted by Gasteiger charge is -2.43. The summed E-state index contributed by atoms with van der Waals surface area (Å²) in [5.74, 6) is -1.56. The fraction of sp³-hybridized carbons (Fsp3) is 0.833. The predicted octanol–water partition coefficient (Wildman–Crippen LogP) is -0.274. The van der Waals surface area contributed by atoms with Crippen LogP contribution in [-0.2, 0) is 19.8 Å². The minimum absolute atomic E-state index is 0.303. The van der Waals surface area contributed by atoms with Crippen molar-refractivity contribution in [3.63, 3.8) is 0 Å². The fourth-order valence-electron chi connectivity index (χ4n) is 2.71. The summed E-state index contributed by atoms with van der Waals surface area (Å²) < 4.78 is 27.8. The molecule has 2 aliphatic rings. The number of hydrogen-bond acceptors (Lipinski definition) is 5. The number of unbranched alkanes of at least 4 members (excludes halogenated alkanes) is 1. The number of fused-ring (bicyclic) bond motifs is 1. The minimum atomic E-state index is -3.77. The van der Waals surface area contributed by atoms with Gasteiger partial charge in [0.1, 0.15) is 17.5 Å². The van der Waals surface area contributed by atoms with Crippen LogP contribution in [0.25, 0.3) is 0 Å². The normalized spacial score (nSPS) is 30.0. The molecule has 0 spiro atoms. The quantitative estimate of drug-likeness (QED) is 0.429. The summed E-state index contributed by atoms with van der Waals surface area (Å²) in [5.41, 5.74) is 0. The molecule has 2 fully saturated rings. The highest BCUT2D eigenvalue weighted by Gasteiger charge is 2.64. The van der Waals surface area contributed by atoms with Gasteiger partial charge >= 0.3 is 5.97 Å². The first-order valence-corrected chi connectivity index (χ1v) is 9.46. The Morgan fingerprint density at radius 2 is 2.09 bits per heavy atom. The Bertz CT molecular complexity index is 577. The second-order valence-corrected chi connectivity index (χ2v) is 9.25. The number of amides is 1. The number of rotatable bonds is 7.